The summed E-state index contributed by atoms with van der Waals surface area (Å²) in [4.78, 5) is 14.3. The van der Waals surface area contributed by atoms with Crippen LogP contribution in [0.4, 0.5) is 0 Å². The molecule has 0 N–H and O–H groups in total. The molecule has 3 rings (SSSR count). The lowest BCUT2D eigenvalue weighted by Crippen LogP contribution is -2.36. The maximum absolute atomic E-state index is 12.5. The van der Waals surface area contributed by atoms with Crippen LogP contribution < -0.4 is 0 Å². The summed E-state index contributed by atoms with van der Waals surface area (Å²) in [6.45, 7) is 2.11. The fourth-order valence-electron chi connectivity index (χ4n) is 2.34. The zero-order valence-corrected chi connectivity index (χ0v) is 11.6. The molecule has 1 unspecified atom stereocenters. The highest BCUT2D eigenvalue weighted by atomic mass is 16.2. The second-order valence-corrected chi connectivity index (χ2v) is 5.30. The first kappa shape index (κ1) is 12.8. The molecule has 1 saturated carbocycles. The molecule has 0 spiro atoms. The predicted octanol–water partition coefficient (Wildman–Crippen LogP) is 1.53. The summed E-state index contributed by atoms with van der Waals surface area (Å²) in [5, 5.41) is 11.0. The zero-order valence-electron chi connectivity index (χ0n) is 11.6. The van der Waals surface area contributed by atoms with Crippen molar-refractivity contribution in [3.63, 3.8) is 0 Å². The van der Waals surface area contributed by atoms with Crippen LogP contribution in [0.1, 0.15) is 30.1 Å². The van der Waals surface area contributed by atoms with Gasteiger partial charge in [0.1, 0.15) is 6.33 Å². The van der Waals surface area contributed by atoms with Crippen LogP contribution in [-0.2, 0) is 0 Å². The summed E-state index contributed by atoms with van der Waals surface area (Å²) in [5.74, 6) is 0.700. The van der Waals surface area contributed by atoms with Crippen molar-refractivity contribution >= 4 is 5.91 Å². The Hall–Kier alpha value is -2.24. The largest absolute Gasteiger partial charge is 0.339 e. The lowest BCUT2D eigenvalue weighted by molar-refractivity contribution is 0.0727. The van der Waals surface area contributed by atoms with Crippen molar-refractivity contribution in [2.75, 3.05) is 7.05 Å². The SMILES string of the molecule is CC(C1CC1)N(C)C(=O)c1cccc(-n2cnnn2)c1. The van der Waals surface area contributed by atoms with Gasteiger partial charge in [-0.25, -0.2) is 4.68 Å². The average Bonchev–Trinajstić information content (AvgIpc) is 3.19. The van der Waals surface area contributed by atoms with Crippen LogP contribution in [0.15, 0.2) is 30.6 Å². The molecule has 1 amide bonds. The van der Waals surface area contributed by atoms with E-state index in [0.29, 0.717) is 17.5 Å². The molecule has 1 aromatic carbocycles. The quantitative estimate of drug-likeness (QED) is 0.846. The maximum Gasteiger partial charge on any atom is 0.253 e. The van der Waals surface area contributed by atoms with E-state index in [0.717, 1.165) is 5.69 Å². The summed E-state index contributed by atoms with van der Waals surface area (Å²) in [5.41, 5.74) is 1.45. The van der Waals surface area contributed by atoms with Crippen LogP contribution in [0.5, 0.6) is 0 Å². The Morgan fingerprint density at radius 1 is 1.45 bits per heavy atom. The standard InChI is InChI=1S/C14H17N5O/c1-10(11-6-7-11)18(2)14(20)12-4-3-5-13(8-12)19-9-15-16-17-19/h3-5,8-11H,6-7H2,1-2H3. The first-order valence-corrected chi connectivity index (χ1v) is 6.77. The van der Waals surface area contributed by atoms with Crippen LogP contribution in [0.25, 0.3) is 5.69 Å². The van der Waals surface area contributed by atoms with E-state index in [1.807, 2.05) is 36.2 Å². The van der Waals surface area contributed by atoms with Crippen LogP contribution in [0, 0.1) is 5.92 Å². The monoisotopic (exact) mass is 271 g/mol. The minimum atomic E-state index is 0.0410. The number of tetrazole rings is 1. The molecular formula is C14H17N5O. The number of benzene rings is 1. The van der Waals surface area contributed by atoms with Crippen LogP contribution >= 0.6 is 0 Å². The first-order chi connectivity index (χ1) is 9.66. The van der Waals surface area contributed by atoms with E-state index >= 15 is 0 Å². The van der Waals surface area contributed by atoms with Crippen molar-refractivity contribution in [3.05, 3.63) is 36.2 Å². The molecule has 1 aliphatic carbocycles. The van der Waals surface area contributed by atoms with Crippen molar-refractivity contribution in [1.82, 2.24) is 25.1 Å². The van der Waals surface area contributed by atoms with Crippen LogP contribution in [-0.4, -0.2) is 44.1 Å². The number of hydrogen-bond donors (Lipinski definition) is 0. The topological polar surface area (TPSA) is 63.9 Å². The third kappa shape index (κ3) is 2.41. The van der Waals surface area contributed by atoms with Gasteiger partial charge in [0, 0.05) is 18.7 Å². The summed E-state index contributed by atoms with van der Waals surface area (Å²) >= 11 is 0. The minimum absolute atomic E-state index is 0.0410. The van der Waals surface area contributed by atoms with E-state index in [-0.39, 0.29) is 5.91 Å². The number of amides is 1. The van der Waals surface area contributed by atoms with Crippen molar-refractivity contribution in [3.8, 4) is 5.69 Å². The number of carbonyl (C=O) groups excluding carboxylic acids is 1. The highest BCUT2D eigenvalue weighted by Gasteiger charge is 2.32. The number of nitrogens with zero attached hydrogens (tertiary/aromatic N) is 5. The molecule has 0 aliphatic heterocycles. The maximum atomic E-state index is 12.5. The number of hydrogen-bond acceptors (Lipinski definition) is 4. The highest BCUT2D eigenvalue weighted by molar-refractivity contribution is 5.94. The Morgan fingerprint density at radius 3 is 2.90 bits per heavy atom. The Bertz CT molecular complexity index is 606. The zero-order chi connectivity index (χ0) is 14.1. The Morgan fingerprint density at radius 2 is 2.25 bits per heavy atom. The molecule has 1 fully saturated rings. The smallest absolute Gasteiger partial charge is 0.253 e. The van der Waals surface area contributed by atoms with Crippen LogP contribution in [0.2, 0.25) is 0 Å². The van der Waals surface area contributed by atoms with Crippen molar-refractivity contribution < 1.29 is 4.79 Å². The molecule has 6 heteroatoms. The van der Waals surface area contributed by atoms with E-state index < -0.39 is 0 Å². The van der Waals surface area contributed by atoms with Gasteiger partial charge in [-0.15, -0.1) is 5.10 Å². The van der Waals surface area contributed by atoms with Gasteiger partial charge >= 0.3 is 0 Å². The van der Waals surface area contributed by atoms with Gasteiger partial charge in [-0.2, -0.15) is 0 Å². The van der Waals surface area contributed by atoms with Gasteiger partial charge < -0.3 is 4.90 Å². The molecule has 1 aliphatic rings. The number of rotatable bonds is 4. The molecule has 20 heavy (non-hydrogen) atoms. The Balaban J connectivity index is 1.82. The van der Waals surface area contributed by atoms with Crippen LogP contribution in [0.3, 0.4) is 0 Å². The van der Waals surface area contributed by atoms with Gasteiger partial charge in [0.05, 0.1) is 5.69 Å². The van der Waals surface area contributed by atoms with E-state index in [4.69, 9.17) is 0 Å². The van der Waals surface area contributed by atoms with E-state index in [1.54, 1.807) is 4.68 Å². The lowest BCUT2D eigenvalue weighted by Gasteiger charge is -2.25. The molecule has 0 saturated heterocycles. The average molecular weight is 271 g/mol. The first-order valence-electron chi connectivity index (χ1n) is 6.77. The van der Waals surface area contributed by atoms with Gasteiger partial charge in [0.25, 0.3) is 5.91 Å². The van der Waals surface area contributed by atoms with Crippen molar-refractivity contribution in [1.29, 1.82) is 0 Å². The molecule has 1 aromatic heterocycles. The molecule has 6 nitrogen and oxygen atoms in total. The molecule has 1 heterocycles. The summed E-state index contributed by atoms with van der Waals surface area (Å²) in [7, 11) is 1.87. The van der Waals surface area contributed by atoms with Gasteiger partial charge in [-0.3, -0.25) is 4.79 Å². The van der Waals surface area contributed by atoms with Gasteiger partial charge in [-0.1, -0.05) is 6.07 Å². The summed E-state index contributed by atoms with van der Waals surface area (Å²) in [6.07, 6.45) is 3.97. The predicted molar refractivity (Wildman–Crippen MR) is 73.4 cm³/mol. The molecule has 2 aromatic rings. The third-order valence-corrected chi connectivity index (χ3v) is 3.94. The van der Waals surface area contributed by atoms with Gasteiger partial charge in [0.2, 0.25) is 0 Å². The van der Waals surface area contributed by atoms with E-state index in [2.05, 4.69) is 22.4 Å². The van der Waals surface area contributed by atoms with Crippen molar-refractivity contribution in [2.24, 2.45) is 5.92 Å². The Labute approximate surface area is 117 Å². The fraction of sp³-hybridized carbons (Fsp3) is 0.429. The Kier molecular flexibility index (Phi) is 3.22. The normalized spacial score (nSPS) is 15.9. The second-order valence-electron chi connectivity index (χ2n) is 5.30. The highest BCUT2D eigenvalue weighted by Crippen LogP contribution is 2.35. The fourth-order valence-corrected chi connectivity index (χ4v) is 2.34. The molecule has 0 radical (unpaired) electrons. The molecule has 1 atom stereocenters. The minimum Gasteiger partial charge on any atom is -0.339 e. The van der Waals surface area contributed by atoms with Gasteiger partial charge in [0.15, 0.2) is 0 Å². The van der Waals surface area contributed by atoms with E-state index in [9.17, 15) is 4.79 Å². The molecule has 0 bridgehead atoms. The summed E-state index contributed by atoms with van der Waals surface area (Å²) in [6, 6.07) is 7.65. The number of aromatic nitrogens is 4. The van der Waals surface area contributed by atoms with E-state index in [1.165, 1.54) is 19.2 Å². The third-order valence-electron chi connectivity index (χ3n) is 3.94. The summed E-state index contributed by atoms with van der Waals surface area (Å²) < 4.78 is 1.54. The number of carbonyl (C=O) groups is 1. The van der Waals surface area contributed by atoms with Crippen molar-refractivity contribution in [2.45, 2.75) is 25.8 Å². The lowest BCUT2D eigenvalue weighted by atomic mass is 10.1. The second kappa shape index (κ2) is 5.03. The molecular weight excluding hydrogens is 254 g/mol. The van der Waals surface area contributed by atoms with Gasteiger partial charge in [-0.05, 0) is 54.3 Å². The molecule has 104 valence electrons.